The lowest BCUT2D eigenvalue weighted by atomic mass is 10.2. The van der Waals surface area contributed by atoms with E-state index in [9.17, 15) is 0 Å². The smallest absolute Gasteiger partial charge is 0.244 e. The average molecular weight is 219 g/mol. The molecule has 84 valence electrons. The Balaban J connectivity index is 1.86. The van der Waals surface area contributed by atoms with Gasteiger partial charge in [-0.2, -0.15) is 10.1 Å². The molecule has 1 fully saturated rings. The van der Waals surface area contributed by atoms with Crippen LogP contribution in [-0.2, 0) is 7.05 Å². The van der Waals surface area contributed by atoms with Crippen LogP contribution in [0.1, 0.15) is 24.8 Å². The molecule has 2 heterocycles. The Hall–Kier alpha value is -1.69. The fourth-order valence-electron chi connectivity index (χ4n) is 1.68. The molecular formula is C10H13N5O. The van der Waals surface area contributed by atoms with Crippen molar-refractivity contribution in [1.29, 1.82) is 0 Å². The number of aromatic nitrogens is 4. The molecule has 0 saturated heterocycles. The second-order valence-corrected chi connectivity index (χ2v) is 4.22. The first-order chi connectivity index (χ1) is 7.74. The molecular weight excluding hydrogens is 206 g/mol. The highest BCUT2D eigenvalue weighted by Gasteiger charge is 2.33. The van der Waals surface area contributed by atoms with Gasteiger partial charge in [0.1, 0.15) is 0 Å². The molecule has 0 spiro atoms. The standard InChI is InChI=1S/C10H13N5O/c1-15-5-7(4-12-15)9-13-10(16-14-9)8(11)6-2-3-6/h4-6,8H,2-3,11H2,1H3. The summed E-state index contributed by atoms with van der Waals surface area (Å²) in [6.07, 6.45) is 5.87. The summed E-state index contributed by atoms with van der Waals surface area (Å²) in [5.41, 5.74) is 6.83. The number of nitrogens with two attached hydrogens (primary N) is 1. The van der Waals surface area contributed by atoms with Crippen molar-refractivity contribution in [2.75, 3.05) is 0 Å². The zero-order valence-corrected chi connectivity index (χ0v) is 9.00. The van der Waals surface area contributed by atoms with E-state index in [0.717, 1.165) is 18.4 Å². The zero-order chi connectivity index (χ0) is 11.1. The van der Waals surface area contributed by atoms with Crippen LogP contribution in [-0.4, -0.2) is 19.9 Å². The van der Waals surface area contributed by atoms with E-state index in [1.807, 2.05) is 13.2 Å². The third-order valence-electron chi connectivity index (χ3n) is 2.82. The molecule has 0 aliphatic heterocycles. The zero-order valence-electron chi connectivity index (χ0n) is 9.00. The predicted molar refractivity (Wildman–Crippen MR) is 56.2 cm³/mol. The van der Waals surface area contributed by atoms with Crippen LogP contribution >= 0.6 is 0 Å². The summed E-state index contributed by atoms with van der Waals surface area (Å²) in [5.74, 6) is 1.60. The third kappa shape index (κ3) is 1.61. The number of nitrogens with zero attached hydrogens (tertiary/aromatic N) is 4. The minimum absolute atomic E-state index is 0.113. The predicted octanol–water partition coefficient (Wildman–Crippen LogP) is 0.880. The van der Waals surface area contributed by atoms with E-state index < -0.39 is 0 Å². The van der Waals surface area contributed by atoms with Crippen molar-refractivity contribution in [2.45, 2.75) is 18.9 Å². The van der Waals surface area contributed by atoms with Crippen molar-refractivity contribution >= 4 is 0 Å². The van der Waals surface area contributed by atoms with Gasteiger partial charge in [0.25, 0.3) is 0 Å². The number of aryl methyl sites for hydroxylation is 1. The van der Waals surface area contributed by atoms with E-state index in [-0.39, 0.29) is 6.04 Å². The highest BCUT2D eigenvalue weighted by atomic mass is 16.5. The van der Waals surface area contributed by atoms with E-state index in [2.05, 4.69) is 15.2 Å². The summed E-state index contributed by atoms with van der Waals surface area (Å²) in [6.45, 7) is 0. The highest BCUT2D eigenvalue weighted by Crippen LogP contribution is 2.39. The Morgan fingerprint density at radius 3 is 3.00 bits per heavy atom. The molecule has 0 bridgehead atoms. The molecule has 3 rings (SSSR count). The maximum absolute atomic E-state index is 5.98. The summed E-state index contributed by atoms with van der Waals surface area (Å²) < 4.78 is 6.87. The van der Waals surface area contributed by atoms with Crippen LogP contribution in [0.5, 0.6) is 0 Å². The van der Waals surface area contributed by atoms with E-state index in [1.54, 1.807) is 10.9 Å². The molecule has 6 heteroatoms. The van der Waals surface area contributed by atoms with Gasteiger partial charge in [0.05, 0.1) is 17.8 Å². The van der Waals surface area contributed by atoms with Crippen molar-refractivity contribution in [3.8, 4) is 11.4 Å². The normalized spacial score (nSPS) is 17.6. The van der Waals surface area contributed by atoms with E-state index in [4.69, 9.17) is 10.3 Å². The molecule has 1 atom stereocenters. The molecule has 0 radical (unpaired) electrons. The van der Waals surface area contributed by atoms with Crippen LogP contribution in [0.4, 0.5) is 0 Å². The molecule has 1 unspecified atom stereocenters. The summed E-state index contributed by atoms with van der Waals surface area (Å²) in [6, 6.07) is -0.113. The topological polar surface area (TPSA) is 82.8 Å². The largest absolute Gasteiger partial charge is 0.337 e. The van der Waals surface area contributed by atoms with Gasteiger partial charge in [-0.05, 0) is 18.8 Å². The summed E-state index contributed by atoms with van der Waals surface area (Å²) in [7, 11) is 1.85. The van der Waals surface area contributed by atoms with Crippen molar-refractivity contribution in [2.24, 2.45) is 18.7 Å². The Bertz CT molecular complexity index is 499. The van der Waals surface area contributed by atoms with E-state index in [0.29, 0.717) is 17.6 Å². The molecule has 16 heavy (non-hydrogen) atoms. The molecule has 2 aromatic heterocycles. The van der Waals surface area contributed by atoms with E-state index >= 15 is 0 Å². The van der Waals surface area contributed by atoms with Gasteiger partial charge in [0, 0.05) is 13.2 Å². The quantitative estimate of drug-likeness (QED) is 0.828. The molecule has 0 amide bonds. The van der Waals surface area contributed by atoms with Crippen LogP contribution in [0.2, 0.25) is 0 Å². The SMILES string of the molecule is Cn1cc(-c2noc(C(N)C3CC3)n2)cn1. The van der Waals surface area contributed by atoms with Gasteiger partial charge in [-0.3, -0.25) is 4.68 Å². The maximum Gasteiger partial charge on any atom is 0.244 e. The molecule has 0 aromatic carbocycles. The number of rotatable bonds is 3. The Labute approximate surface area is 92.4 Å². The lowest BCUT2D eigenvalue weighted by Gasteiger charge is -2.01. The second-order valence-electron chi connectivity index (χ2n) is 4.22. The Morgan fingerprint density at radius 2 is 2.38 bits per heavy atom. The molecule has 2 aromatic rings. The van der Waals surface area contributed by atoms with Crippen LogP contribution in [0.25, 0.3) is 11.4 Å². The first kappa shape index (κ1) is 9.53. The third-order valence-corrected chi connectivity index (χ3v) is 2.82. The van der Waals surface area contributed by atoms with Crippen molar-refractivity contribution in [3.05, 3.63) is 18.3 Å². The molecule has 1 aliphatic rings. The van der Waals surface area contributed by atoms with Gasteiger partial charge < -0.3 is 10.3 Å². The van der Waals surface area contributed by atoms with Crippen molar-refractivity contribution < 1.29 is 4.52 Å². The van der Waals surface area contributed by atoms with Gasteiger partial charge in [-0.1, -0.05) is 5.16 Å². The molecule has 2 N–H and O–H groups in total. The summed E-state index contributed by atoms with van der Waals surface area (Å²) in [4.78, 5) is 4.30. The minimum Gasteiger partial charge on any atom is -0.337 e. The van der Waals surface area contributed by atoms with Crippen LogP contribution in [0.15, 0.2) is 16.9 Å². The molecule has 1 saturated carbocycles. The first-order valence-electron chi connectivity index (χ1n) is 5.32. The Morgan fingerprint density at radius 1 is 1.56 bits per heavy atom. The van der Waals surface area contributed by atoms with Crippen LogP contribution < -0.4 is 5.73 Å². The Kier molecular flexibility index (Phi) is 2.03. The summed E-state index contributed by atoms with van der Waals surface area (Å²) in [5, 5.41) is 7.97. The minimum atomic E-state index is -0.113. The van der Waals surface area contributed by atoms with Crippen LogP contribution in [0, 0.1) is 5.92 Å². The lowest BCUT2D eigenvalue weighted by Crippen LogP contribution is -2.12. The number of hydrogen-bond donors (Lipinski definition) is 1. The first-order valence-corrected chi connectivity index (χ1v) is 5.32. The van der Waals surface area contributed by atoms with Gasteiger partial charge in [-0.15, -0.1) is 0 Å². The monoisotopic (exact) mass is 219 g/mol. The molecule has 6 nitrogen and oxygen atoms in total. The second kappa shape index (κ2) is 3.41. The maximum atomic E-state index is 5.98. The number of hydrogen-bond acceptors (Lipinski definition) is 5. The van der Waals surface area contributed by atoms with Crippen molar-refractivity contribution in [3.63, 3.8) is 0 Å². The van der Waals surface area contributed by atoms with Gasteiger partial charge >= 0.3 is 0 Å². The van der Waals surface area contributed by atoms with Gasteiger partial charge in [0.2, 0.25) is 11.7 Å². The lowest BCUT2D eigenvalue weighted by molar-refractivity contribution is 0.343. The fraction of sp³-hybridized carbons (Fsp3) is 0.500. The van der Waals surface area contributed by atoms with Crippen LogP contribution in [0.3, 0.4) is 0 Å². The van der Waals surface area contributed by atoms with Gasteiger partial charge in [-0.25, -0.2) is 0 Å². The van der Waals surface area contributed by atoms with E-state index in [1.165, 1.54) is 0 Å². The van der Waals surface area contributed by atoms with Gasteiger partial charge in [0.15, 0.2) is 0 Å². The highest BCUT2D eigenvalue weighted by molar-refractivity contribution is 5.51. The fourth-order valence-corrected chi connectivity index (χ4v) is 1.68. The molecule has 1 aliphatic carbocycles. The average Bonchev–Trinajstić information content (AvgIpc) is 2.84. The summed E-state index contributed by atoms with van der Waals surface area (Å²) >= 11 is 0. The van der Waals surface area contributed by atoms with Crippen molar-refractivity contribution in [1.82, 2.24) is 19.9 Å².